The molecular formula is C49H49BClN7O7. The van der Waals surface area contributed by atoms with Crippen LogP contribution in [0.5, 0.6) is 11.5 Å². The van der Waals surface area contributed by atoms with E-state index in [1.165, 1.54) is 4.90 Å². The first kappa shape index (κ1) is 44.8. The van der Waals surface area contributed by atoms with Crippen molar-refractivity contribution in [3.63, 3.8) is 0 Å². The van der Waals surface area contributed by atoms with Crippen LogP contribution >= 0.6 is 11.6 Å². The van der Waals surface area contributed by atoms with Crippen LogP contribution in [0.2, 0.25) is 5.02 Å². The molecule has 16 heteroatoms. The molecule has 3 heterocycles. The van der Waals surface area contributed by atoms with E-state index >= 15 is 0 Å². The third kappa shape index (κ3) is 9.68. The fourth-order valence-electron chi connectivity index (χ4n) is 8.71. The van der Waals surface area contributed by atoms with Gasteiger partial charge in [-0.05, 0) is 103 Å². The zero-order chi connectivity index (χ0) is 45.8. The van der Waals surface area contributed by atoms with E-state index in [-0.39, 0.29) is 54.4 Å². The number of likely N-dealkylation sites (tertiary alicyclic amines) is 1. The summed E-state index contributed by atoms with van der Waals surface area (Å²) in [6.45, 7) is 5.40. The molecule has 3 amide bonds. The van der Waals surface area contributed by atoms with E-state index < -0.39 is 13.2 Å². The molecule has 5 aromatic rings. The number of halogens is 1. The number of piperidine rings is 1. The Hall–Kier alpha value is -6.81. The highest BCUT2D eigenvalue weighted by Crippen LogP contribution is 2.46. The summed E-state index contributed by atoms with van der Waals surface area (Å²) in [5.74, 6) is 0.566. The molecule has 0 saturated carbocycles. The summed E-state index contributed by atoms with van der Waals surface area (Å²) in [4.78, 5) is 48.0. The standard InChI is InChI=1S/C49H49BClN7O7/c1-3-54-44(59)26-41-47(53)58(30(2)52)42-16-15-38(25-39(42)46(56-41)32-11-13-37(51)14-12-32)64-28-45(60)55-27-31-10-17-43-40(22-31)49(29-65-43)18-20-57(21-19-49)48(61)35-8-4-6-33(23-35)34-7-5-9-36(24-34)50(62)63/h4-17,22-25,41,52-53,62-63H,3,18-21,26-29H2,1-2H3,(H,54,59)(H,55,60)/t41-/m0/s1. The van der Waals surface area contributed by atoms with Gasteiger partial charge in [-0.1, -0.05) is 66.2 Å². The number of nitrogens with one attached hydrogen (secondary N) is 4. The number of carbonyl (C=O) groups is 3. The molecule has 6 N–H and O–H groups in total. The third-order valence-corrected chi connectivity index (χ3v) is 12.4. The summed E-state index contributed by atoms with van der Waals surface area (Å²) < 4.78 is 12.2. The Balaban J connectivity index is 0.920. The highest BCUT2D eigenvalue weighted by Gasteiger charge is 2.44. The minimum atomic E-state index is -1.58. The van der Waals surface area contributed by atoms with Crippen molar-refractivity contribution in [2.45, 2.75) is 51.1 Å². The van der Waals surface area contributed by atoms with Gasteiger partial charge in [-0.15, -0.1) is 0 Å². The molecule has 0 bridgehead atoms. The van der Waals surface area contributed by atoms with Crippen molar-refractivity contribution >= 4 is 65.0 Å². The number of fused-ring (bicyclic) bond motifs is 3. The fraction of sp³-hybridized carbons (Fsp3) is 0.265. The van der Waals surface area contributed by atoms with E-state index in [4.69, 9.17) is 36.9 Å². The lowest BCUT2D eigenvalue weighted by molar-refractivity contribution is -0.123. The molecule has 1 atom stereocenters. The van der Waals surface area contributed by atoms with E-state index in [0.717, 1.165) is 28.0 Å². The van der Waals surface area contributed by atoms with E-state index in [0.29, 0.717) is 83.4 Å². The number of rotatable bonds is 12. The maximum absolute atomic E-state index is 13.8. The monoisotopic (exact) mass is 893 g/mol. The molecule has 1 fully saturated rings. The lowest BCUT2D eigenvalue weighted by atomic mass is 9.74. The van der Waals surface area contributed by atoms with Crippen molar-refractivity contribution < 1.29 is 33.9 Å². The first-order valence-corrected chi connectivity index (χ1v) is 21.9. The van der Waals surface area contributed by atoms with Crippen LogP contribution in [0.3, 0.4) is 0 Å². The first-order chi connectivity index (χ1) is 31.3. The van der Waals surface area contributed by atoms with Crippen molar-refractivity contribution in [1.29, 1.82) is 10.8 Å². The number of benzodiazepines with no additional fused rings is 1. The number of carbonyl (C=O) groups excluding carboxylic acids is 3. The number of aliphatic imine (C=N–C) groups is 1. The number of amidine groups is 2. The van der Waals surface area contributed by atoms with Crippen molar-refractivity contribution in [3.8, 4) is 22.6 Å². The smallest absolute Gasteiger partial charge is 0.488 e. The van der Waals surface area contributed by atoms with Crippen molar-refractivity contribution in [2.24, 2.45) is 4.99 Å². The summed E-state index contributed by atoms with van der Waals surface area (Å²) in [5.41, 5.74) is 6.47. The molecule has 0 radical (unpaired) electrons. The third-order valence-electron chi connectivity index (χ3n) is 12.1. The number of nitrogens with zero attached hydrogens (tertiary/aromatic N) is 3. The van der Waals surface area contributed by atoms with Gasteiger partial charge in [0, 0.05) is 58.9 Å². The van der Waals surface area contributed by atoms with Gasteiger partial charge in [0.2, 0.25) is 5.91 Å². The van der Waals surface area contributed by atoms with Crippen LogP contribution in [0.15, 0.2) is 114 Å². The topological polar surface area (TPSA) is 201 Å². The van der Waals surface area contributed by atoms with Gasteiger partial charge >= 0.3 is 7.12 Å². The second-order valence-corrected chi connectivity index (χ2v) is 16.9. The SMILES string of the molecule is CCNC(=O)C[C@@H]1N=C(c2ccc(Cl)cc2)c2cc(OCC(=O)NCc3ccc4c(c3)C3(CCN(C(=O)c5cccc(-c6cccc(B(O)O)c6)c5)CC3)CO4)ccc2N(C(C)=N)C1=N. The second kappa shape index (κ2) is 19.1. The number of ether oxygens (including phenoxy) is 2. The molecule has 65 heavy (non-hydrogen) atoms. The Kier molecular flexibility index (Phi) is 13.2. The average Bonchev–Trinajstić information content (AvgIpc) is 3.60. The Bertz CT molecular complexity index is 2700. The van der Waals surface area contributed by atoms with Crippen molar-refractivity contribution in [1.82, 2.24) is 15.5 Å². The van der Waals surface area contributed by atoms with Crippen LogP contribution in [0.25, 0.3) is 11.1 Å². The predicted octanol–water partition coefficient (Wildman–Crippen LogP) is 5.48. The summed E-state index contributed by atoms with van der Waals surface area (Å²) in [7, 11) is -1.58. The summed E-state index contributed by atoms with van der Waals surface area (Å²) in [6.07, 6.45) is 1.34. The quantitative estimate of drug-likeness (QED) is 0.0538. The van der Waals surface area contributed by atoms with Crippen molar-refractivity contribution in [3.05, 3.63) is 142 Å². The minimum absolute atomic E-state index is 0.0178. The molecule has 3 aliphatic rings. The van der Waals surface area contributed by atoms with E-state index in [1.54, 1.807) is 73.7 Å². The molecule has 0 aliphatic carbocycles. The molecule has 8 rings (SSSR count). The van der Waals surface area contributed by atoms with Gasteiger partial charge in [-0.3, -0.25) is 35.1 Å². The van der Waals surface area contributed by atoms with Gasteiger partial charge in [0.15, 0.2) is 6.61 Å². The van der Waals surface area contributed by atoms with Crippen LogP contribution in [0, 0.1) is 10.8 Å². The first-order valence-electron chi connectivity index (χ1n) is 21.5. The molecule has 3 aliphatic heterocycles. The van der Waals surface area contributed by atoms with E-state index in [2.05, 4.69) is 16.7 Å². The van der Waals surface area contributed by atoms with Crippen molar-refractivity contribution in [2.75, 3.05) is 37.7 Å². The lowest BCUT2D eigenvalue weighted by Gasteiger charge is -2.38. The zero-order valence-electron chi connectivity index (χ0n) is 36.1. The summed E-state index contributed by atoms with van der Waals surface area (Å²) >= 11 is 6.23. The minimum Gasteiger partial charge on any atom is -0.492 e. The second-order valence-electron chi connectivity index (χ2n) is 16.5. The van der Waals surface area contributed by atoms with Gasteiger partial charge < -0.3 is 35.1 Å². The van der Waals surface area contributed by atoms with Crippen LogP contribution < -0.4 is 30.5 Å². The maximum Gasteiger partial charge on any atom is 0.488 e. The molecule has 5 aromatic carbocycles. The Morgan fingerprint density at radius 2 is 1.65 bits per heavy atom. The molecule has 1 saturated heterocycles. The number of hydrogen-bond acceptors (Lipinski definition) is 10. The predicted molar refractivity (Wildman–Crippen MR) is 252 cm³/mol. The number of hydrogen-bond donors (Lipinski definition) is 6. The summed E-state index contributed by atoms with van der Waals surface area (Å²) in [6, 6.07) is 31.6. The Labute approximate surface area is 382 Å². The lowest BCUT2D eigenvalue weighted by Crippen LogP contribution is -2.46. The molecule has 0 unspecified atom stereocenters. The van der Waals surface area contributed by atoms with E-state index in [1.807, 2.05) is 48.2 Å². The molecule has 0 aromatic heterocycles. The number of anilines is 1. The molecule has 1 spiro atoms. The normalized spacial score (nSPS) is 16.1. The average molecular weight is 894 g/mol. The van der Waals surface area contributed by atoms with Crippen LogP contribution in [0.1, 0.15) is 65.7 Å². The molecule has 332 valence electrons. The number of amides is 3. The van der Waals surface area contributed by atoms with Gasteiger partial charge in [-0.2, -0.15) is 0 Å². The highest BCUT2D eigenvalue weighted by molar-refractivity contribution is 6.58. The van der Waals surface area contributed by atoms with Crippen LogP contribution in [0.4, 0.5) is 5.69 Å². The Morgan fingerprint density at radius 3 is 2.37 bits per heavy atom. The maximum atomic E-state index is 13.8. The fourth-order valence-corrected chi connectivity index (χ4v) is 8.83. The van der Waals surface area contributed by atoms with Crippen LogP contribution in [-0.2, 0) is 21.5 Å². The molecular weight excluding hydrogens is 845 g/mol. The van der Waals surface area contributed by atoms with Gasteiger partial charge in [0.25, 0.3) is 11.8 Å². The largest absolute Gasteiger partial charge is 0.492 e. The Morgan fingerprint density at radius 1 is 0.908 bits per heavy atom. The van der Waals surface area contributed by atoms with Gasteiger partial charge in [0.1, 0.15) is 29.2 Å². The summed E-state index contributed by atoms with van der Waals surface area (Å²) in [5, 5.41) is 43.2. The zero-order valence-corrected chi connectivity index (χ0v) is 36.8. The van der Waals surface area contributed by atoms with Gasteiger partial charge in [-0.25, -0.2) is 0 Å². The highest BCUT2D eigenvalue weighted by atomic mass is 35.5. The molecule has 14 nitrogen and oxygen atoms in total. The van der Waals surface area contributed by atoms with Gasteiger partial charge in [0.05, 0.1) is 24.4 Å². The van der Waals surface area contributed by atoms with E-state index in [9.17, 15) is 24.4 Å². The van der Waals surface area contributed by atoms with Crippen LogP contribution in [-0.4, -0.2) is 96.1 Å². The number of benzene rings is 5.